The SMILES string of the molecule is COc1ncc(Cl)cc1N[C@H](C)c1ccc(C(=O)N[C@@H](CC2CCCC2)C(=O)N[C@@H]2CC2(F)F)s1. The number of carbonyl (C=O) groups is 2. The summed E-state index contributed by atoms with van der Waals surface area (Å²) in [6.07, 6.45) is 5.72. The summed E-state index contributed by atoms with van der Waals surface area (Å²) in [6.45, 7) is 1.93. The number of anilines is 1. The van der Waals surface area contributed by atoms with Crippen molar-refractivity contribution in [3.63, 3.8) is 0 Å². The van der Waals surface area contributed by atoms with Crippen LogP contribution in [0.25, 0.3) is 0 Å². The molecule has 2 fully saturated rings. The van der Waals surface area contributed by atoms with Crippen molar-refractivity contribution in [2.75, 3.05) is 12.4 Å². The van der Waals surface area contributed by atoms with E-state index >= 15 is 0 Å². The Kier molecular flexibility index (Phi) is 7.80. The summed E-state index contributed by atoms with van der Waals surface area (Å²) in [5.74, 6) is -3.09. The first kappa shape index (κ1) is 25.6. The second-order valence-electron chi connectivity index (χ2n) is 9.22. The maximum atomic E-state index is 13.3. The molecule has 2 aliphatic carbocycles. The third-order valence-corrected chi connectivity index (χ3v) is 7.94. The van der Waals surface area contributed by atoms with Crippen molar-refractivity contribution < 1.29 is 23.1 Å². The number of aromatic nitrogens is 1. The van der Waals surface area contributed by atoms with Gasteiger partial charge in [-0.25, -0.2) is 13.8 Å². The van der Waals surface area contributed by atoms with Gasteiger partial charge in [0.25, 0.3) is 11.8 Å². The first-order valence-electron chi connectivity index (χ1n) is 11.7. The van der Waals surface area contributed by atoms with E-state index in [1.807, 2.05) is 13.0 Å². The molecule has 7 nitrogen and oxygen atoms in total. The molecule has 2 saturated carbocycles. The highest BCUT2D eigenvalue weighted by Crippen LogP contribution is 2.41. The average Bonchev–Trinajstić information content (AvgIpc) is 3.25. The number of alkyl halides is 2. The molecule has 2 aromatic heterocycles. The van der Waals surface area contributed by atoms with Gasteiger partial charge in [0.1, 0.15) is 6.04 Å². The Morgan fingerprint density at radius 1 is 1.31 bits per heavy atom. The molecule has 0 aromatic carbocycles. The molecule has 2 amide bonds. The van der Waals surface area contributed by atoms with E-state index in [9.17, 15) is 18.4 Å². The lowest BCUT2D eigenvalue weighted by atomic mass is 9.97. The third-order valence-electron chi connectivity index (χ3n) is 6.47. The summed E-state index contributed by atoms with van der Waals surface area (Å²) in [5.41, 5.74) is 0.622. The lowest BCUT2D eigenvalue weighted by Crippen LogP contribution is -2.48. The minimum atomic E-state index is -2.86. The molecular formula is C24H29ClF2N4O3S. The van der Waals surface area contributed by atoms with E-state index in [-0.39, 0.29) is 12.5 Å². The van der Waals surface area contributed by atoms with Crippen LogP contribution in [0.3, 0.4) is 0 Å². The molecule has 0 spiro atoms. The van der Waals surface area contributed by atoms with Crippen LogP contribution in [0.4, 0.5) is 14.5 Å². The van der Waals surface area contributed by atoms with Gasteiger partial charge in [-0.3, -0.25) is 9.59 Å². The number of methoxy groups -OCH3 is 1. The lowest BCUT2D eigenvalue weighted by molar-refractivity contribution is -0.124. The Balaban J connectivity index is 1.41. The number of ether oxygens (including phenoxy) is 1. The molecule has 4 rings (SSSR count). The molecule has 0 bridgehead atoms. The highest BCUT2D eigenvalue weighted by Gasteiger charge is 2.58. The van der Waals surface area contributed by atoms with Crippen molar-refractivity contribution in [2.45, 2.75) is 69.5 Å². The second-order valence-corrected chi connectivity index (χ2v) is 10.8. The zero-order valence-electron chi connectivity index (χ0n) is 19.6. The predicted molar refractivity (Wildman–Crippen MR) is 131 cm³/mol. The predicted octanol–water partition coefficient (Wildman–Crippen LogP) is 5.18. The maximum Gasteiger partial charge on any atom is 0.270 e. The van der Waals surface area contributed by atoms with E-state index in [2.05, 4.69) is 20.9 Å². The van der Waals surface area contributed by atoms with Crippen molar-refractivity contribution in [1.82, 2.24) is 15.6 Å². The van der Waals surface area contributed by atoms with Crippen LogP contribution < -0.4 is 20.7 Å². The fourth-order valence-electron chi connectivity index (χ4n) is 4.39. The fourth-order valence-corrected chi connectivity index (χ4v) is 5.46. The number of hydrogen-bond donors (Lipinski definition) is 3. The molecule has 2 aliphatic rings. The summed E-state index contributed by atoms with van der Waals surface area (Å²) in [4.78, 5) is 31.2. The van der Waals surface area contributed by atoms with Gasteiger partial charge >= 0.3 is 0 Å². The van der Waals surface area contributed by atoms with Crippen LogP contribution in [0.1, 0.15) is 66.0 Å². The normalized spacial score (nSPS) is 20.7. The van der Waals surface area contributed by atoms with Crippen molar-refractivity contribution in [3.8, 4) is 5.88 Å². The van der Waals surface area contributed by atoms with Gasteiger partial charge in [0.15, 0.2) is 0 Å². The third kappa shape index (κ3) is 6.41. The summed E-state index contributed by atoms with van der Waals surface area (Å²) in [7, 11) is 1.52. The largest absolute Gasteiger partial charge is 0.480 e. The van der Waals surface area contributed by atoms with Crippen LogP contribution in [0.15, 0.2) is 24.4 Å². The fraction of sp³-hybridized carbons (Fsp3) is 0.542. The van der Waals surface area contributed by atoms with E-state index in [1.54, 1.807) is 12.1 Å². The minimum absolute atomic E-state index is 0.176. The van der Waals surface area contributed by atoms with Crippen molar-refractivity contribution in [1.29, 1.82) is 0 Å². The molecule has 3 N–H and O–H groups in total. The van der Waals surface area contributed by atoms with Gasteiger partial charge in [0.2, 0.25) is 11.8 Å². The number of rotatable bonds is 10. The summed E-state index contributed by atoms with van der Waals surface area (Å²) < 4.78 is 31.9. The lowest BCUT2D eigenvalue weighted by Gasteiger charge is -2.21. The molecule has 0 aliphatic heterocycles. The Labute approximate surface area is 212 Å². The van der Waals surface area contributed by atoms with Crippen LogP contribution in [0.2, 0.25) is 5.02 Å². The van der Waals surface area contributed by atoms with E-state index in [1.165, 1.54) is 24.6 Å². The van der Waals surface area contributed by atoms with Crippen LogP contribution >= 0.6 is 22.9 Å². The molecule has 0 unspecified atom stereocenters. The quantitative estimate of drug-likeness (QED) is 0.397. The summed E-state index contributed by atoms with van der Waals surface area (Å²) in [5, 5.41) is 8.94. The van der Waals surface area contributed by atoms with Gasteiger partial charge < -0.3 is 20.7 Å². The first-order valence-corrected chi connectivity index (χ1v) is 12.9. The highest BCUT2D eigenvalue weighted by atomic mass is 35.5. The van der Waals surface area contributed by atoms with Crippen LogP contribution in [0.5, 0.6) is 5.88 Å². The topological polar surface area (TPSA) is 92.3 Å². The number of hydrogen-bond acceptors (Lipinski definition) is 6. The Bertz CT molecular complexity index is 1080. The molecular weight excluding hydrogens is 498 g/mol. The zero-order chi connectivity index (χ0) is 25.2. The minimum Gasteiger partial charge on any atom is -0.480 e. The number of carbonyl (C=O) groups excluding carboxylic acids is 2. The number of halogens is 3. The number of thiophene rings is 1. The van der Waals surface area contributed by atoms with E-state index in [0.717, 1.165) is 30.6 Å². The average molecular weight is 527 g/mol. The number of nitrogens with zero attached hydrogens (tertiary/aromatic N) is 1. The van der Waals surface area contributed by atoms with Gasteiger partial charge in [0.05, 0.1) is 34.8 Å². The first-order chi connectivity index (χ1) is 16.7. The molecule has 3 atom stereocenters. The Hall–Kier alpha value is -2.46. The molecule has 0 radical (unpaired) electrons. The highest BCUT2D eigenvalue weighted by molar-refractivity contribution is 7.14. The van der Waals surface area contributed by atoms with Crippen LogP contribution in [0, 0.1) is 5.92 Å². The van der Waals surface area contributed by atoms with Gasteiger partial charge in [-0.1, -0.05) is 37.3 Å². The van der Waals surface area contributed by atoms with Crippen molar-refractivity contribution in [3.05, 3.63) is 39.2 Å². The standard InChI is InChI=1S/C24H29ClF2N4O3S/c1-13(29-17-10-15(25)12-28-23(17)34-2)18-7-8-19(35-18)22(33)30-16(9-14-5-3-4-6-14)21(32)31-20-11-24(20,26)27/h7-8,10,12-14,16,20,29H,3-6,9,11H2,1-2H3,(H,30,33)(H,31,32)/t13-,16+,20-/m1/s1. The number of pyridine rings is 1. The molecule has 2 aromatic rings. The summed E-state index contributed by atoms with van der Waals surface area (Å²) in [6, 6.07) is 3.08. The molecule has 0 saturated heterocycles. The van der Waals surface area contributed by atoms with Crippen LogP contribution in [-0.2, 0) is 4.79 Å². The number of amides is 2. The Morgan fingerprint density at radius 2 is 2.03 bits per heavy atom. The Morgan fingerprint density at radius 3 is 2.69 bits per heavy atom. The molecule has 11 heteroatoms. The van der Waals surface area contributed by atoms with Gasteiger partial charge in [0, 0.05) is 17.5 Å². The van der Waals surface area contributed by atoms with E-state index < -0.39 is 29.8 Å². The van der Waals surface area contributed by atoms with Crippen molar-refractivity contribution >= 4 is 40.4 Å². The molecule has 35 heavy (non-hydrogen) atoms. The zero-order valence-corrected chi connectivity index (χ0v) is 21.1. The van der Waals surface area contributed by atoms with Gasteiger partial charge in [-0.15, -0.1) is 11.3 Å². The van der Waals surface area contributed by atoms with E-state index in [4.69, 9.17) is 16.3 Å². The van der Waals surface area contributed by atoms with Crippen molar-refractivity contribution in [2.24, 2.45) is 5.92 Å². The number of nitrogens with one attached hydrogen (secondary N) is 3. The van der Waals surface area contributed by atoms with E-state index in [0.29, 0.717) is 33.8 Å². The molecule has 2 heterocycles. The summed E-state index contributed by atoms with van der Waals surface area (Å²) >= 11 is 7.34. The smallest absolute Gasteiger partial charge is 0.270 e. The maximum absolute atomic E-state index is 13.3. The monoisotopic (exact) mass is 526 g/mol. The molecule has 190 valence electrons. The van der Waals surface area contributed by atoms with Gasteiger partial charge in [-0.05, 0) is 37.5 Å². The second kappa shape index (κ2) is 10.7. The van der Waals surface area contributed by atoms with Crippen LogP contribution in [-0.4, -0.2) is 41.9 Å². The van der Waals surface area contributed by atoms with Gasteiger partial charge in [-0.2, -0.15) is 0 Å².